The summed E-state index contributed by atoms with van der Waals surface area (Å²) in [7, 11) is 1.68. The fourth-order valence-electron chi connectivity index (χ4n) is 3.75. The molecule has 0 aliphatic rings. The highest BCUT2D eigenvalue weighted by atomic mass is 16.5. The fraction of sp³-hybridized carbons (Fsp3) is 0.360. The van der Waals surface area contributed by atoms with Crippen LogP contribution in [0.15, 0.2) is 48.7 Å². The molecule has 2 aromatic heterocycles. The van der Waals surface area contributed by atoms with Crippen LogP contribution in [0.1, 0.15) is 45.5 Å². The minimum Gasteiger partial charge on any atom is -0.497 e. The Kier molecular flexibility index (Phi) is 6.53. The Bertz CT molecular complexity index is 1000. The van der Waals surface area contributed by atoms with E-state index in [9.17, 15) is 4.79 Å². The third-order valence-corrected chi connectivity index (χ3v) is 5.69. The molecular formula is C25H31N2O2+. The van der Waals surface area contributed by atoms with Gasteiger partial charge >= 0.3 is 0 Å². The van der Waals surface area contributed by atoms with Gasteiger partial charge in [-0.25, -0.2) is 0 Å². The summed E-state index contributed by atoms with van der Waals surface area (Å²) in [4.78, 5) is 13.0. The first-order chi connectivity index (χ1) is 13.9. The molecule has 0 bridgehead atoms. The highest BCUT2D eigenvalue weighted by Crippen LogP contribution is 2.18. The lowest BCUT2D eigenvalue weighted by Gasteiger charge is -2.10. The Labute approximate surface area is 173 Å². The number of aromatic nitrogens is 2. The zero-order chi connectivity index (χ0) is 21.0. The van der Waals surface area contributed by atoms with E-state index in [2.05, 4.69) is 53.4 Å². The Balaban J connectivity index is 1.75. The van der Waals surface area contributed by atoms with Gasteiger partial charge in [0.05, 0.1) is 7.11 Å². The van der Waals surface area contributed by atoms with E-state index >= 15 is 0 Å². The number of carbonyl (C=O) groups excluding carboxylic acids is 1. The van der Waals surface area contributed by atoms with Crippen molar-refractivity contribution in [1.29, 1.82) is 0 Å². The molecule has 1 aromatic carbocycles. The van der Waals surface area contributed by atoms with Crippen molar-refractivity contribution < 1.29 is 14.1 Å². The maximum Gasteiger partial charge on any atom is 0.229 e. The predicted octanol–water partition coefficient (Wildman–Crippen LogP) is 4.40. The van der Waals surface area contributed by atoms with Gasteiger partial charge in [0.2, 0.25) is 12.3 Å². The maximum atomic E-state index is 13.0. The van der Waals surface area contributed by atoms with E-state index in [1.807, 2.05) is 32.0 Å². The molecule has 0 atom stereocenters. The van der Waals surface area contributed by atoms with Crippen molar-refractivity contribution in [2.24, 2.45) is 0 Å². The van der Waals surface area contributed by atoms with Crippen LogP contribution in [-0.4, -0.2) is 17.5 Å². The average molecular weight is 392 g/mol. The topological polar surface area (TPSA) is 35.1 Å². The van der Waals surface area contributed by atoms with Crippen LogP contribution in [-0.2, 0) is 25.9 Å². The number of ether oxygens (including phenoxy) is 1. The molecule has 4 nitrogen and oxygen atoms in total. The number of carbonyl (C=O) groups is 1. The summed E-state index contributed by atoms with van der Waals surface area (Å²) in [6.45, 7) is 9.54. The largest absolute Gasteiger partial charge is 0.497 e. The number of methoxy groups -OCH3 is 1. The van der Waals surface area contributed by atoms with E-state index in [0.717, 1.165) is 47.8 Å². The molecule has 4 heteroatoms. The minimum atomic E-state index is 0.162. The van der Waals surface area contributed by atoms with E-state index in [-0.39, 0.29) is 5.78 Å². The summed E-state index contributed by atoms with van der Waals surface area (Å²) >= 11 is 0. The first kappa shape index (κ1) is 20.8. The number of Topliss-reactive ketones (excluding diaryl/α,β-unsaturated/α-hetero) is 1. The second-order valence-corrected chi connectivity index (χ2v) is 7.62. The second-order valence-electron chi connectivity index (χ2n) is 7.62. The van der Waals surface area contributed by atoms with E-state index in [1.165, 1.54) is 11.1 Å². The van der Waals surface area contributed by atoms with Crippen LogP contribution in [0.5, 0.6) is 5.75 Å². The summed E-state index contributed by atoms with van der Waals surface area (Å²) in [5, 5.41) is 0. The van der Waals surface area contributed by atoms with Crippen molar-refractivity contribution in [3.8, 4) is 5.75 Å². The van der Waals surface area contributed by atoms with Crippen molar-refractivity contribution >= 4 is 5.78 Å². The number of hydrogen-bond donors (Lipinski definition) is 0. The average Bonchev–Trinajstić information content (AvgIpc) is 3.02. The van der Waals surface area contributed by atoms with Crippen molar-refractivity contribution in [2.75, 3.05) is 7.11 Å². The summed E-state index contributed by atoms with van der Waals surface area (Å²) < 4.78 is 9.53. The van der Waals surface area contributed by atoms with Crippen LogP contribution in [0.2, 0.25) is 0 Å². The molecule has 0 fully saturated rings. The predicted molar refractivity (Wildman–Crippen MR) is 116 cm³/mol. The zero-order valence-corrected chi connectivity index (χ0v) is 18.2. The van der Waals surface area contributed by atoms with Crippen molar-refractivity contribution in [2.45, 2.75) is 53.6 Å². The van der Waals surface area contributed by atoms with Crippen molar-refractivity contribution in [3.05, 3.63) is 82.4 Å². The molecule has 29 heavy (non-hydrogen) atoms. The number of benzene rings is 1. The number of rotatable bonds is 8. The Morgan fingerprint density at radius 3 is 2.38 bits per heavy atom. The molecule has 152 valence electrons. The third kappa shape index (κ3) is 4.76. The lowest BCUT2D eigenvalue weighted by atomic mass is 10.1. The first-order valence-corrected chi connectivity index (χ1v) is 10.2. The molecular weight excluding hydrogens is 360 g/mol. The molecule has 0 unspecified atom stereocenters. The lowest BCUT2D eigenvalue weighted by Crippen LogP contribution is -2.41. The maximum absolute atomic E-state index is 13.0. The molecule has 3 aromatic rings. The van der Waals surface area contributed by atoms with Gasteiger partial charge in [0.1, 0.15) is 5.75 Å². The summed E-state index contributed by atoms with van der Waals surface area (Å²) in [5.41, 5.74) is 6.60. The number of hydrogen-bond acceptors (Lipinski definition) is 2. The van der Waals surface area contributed by atoms with Gasteiger partial charge in [0, 0.05) is 42.0 Å². The van der Waals surface area contributed by atoms with Crippen LogP contribution < -0.4 is 9.30 Å². The normalized spacial score (nSPS) is 10.9. The number of pyridine rings is 1. The number of aryl methyl sites for hydroxylation is 4. The van der Waals surface area contributed by atoms with Gasteiger partial charge in [-0.2, -0.15) is 4.57 Å². The molecule has 0 saturated carbocycles. The molecule has 2 heterocycles. The number of nitrogens with zero attached hydrogens (tertiary/aromatic N) is 2. The monoisotopic (exact) mass is 391 g/mol. The molecule has 0 amide bonds. The SMILES string of the molecule is CCc1ccc(C)[n+](CC(=O)c2cc(C)n(CCc3ccc(OC)cc3)c2C)c1. The van der Waals surface area contributed by atoms with E-state index in [0.29, 0.717) is 6.54 Å². The van der Waals surface area contributed by atoms with Crippen LogP contribution in [0.3, 0.4) is 0 Å². The first-order valence-electron chi connectivity index (χ1n) is 10.2. The molecule has 0 saturated heterocycles. The lowest BCUT2D eigenvalue weighted by molar-refractivity contribution is -0.689. The minimum absolute atomic E-state index is 0.162. The molecule has 0 aliphatic heterocycles. The smallest absolute Gasteiger partial charge is 0.229 e. The Hall–Kier alpha value is -2.88. The van der Waals surface area contributed by atoms with Crippen LogP contribution >= 0.6 is 0 Å². The fourth-order valence-corrected chi connectivity index (χ4v) is 3.75. The van der Waals surface area contributed by atoms with Gasteiger partial charge in [-0.15, -0.1) is 0 Å². The van der Waals surface area contributed by atoms with Crippen molar-refractivity contribution in [1.82, 2.24) is 4.57 Å². The van der Waals surface area contributed by atoms with E-state index in [4.69, 9.17) is 4.74 Å². The van der Waals surface area contributed by atoms with Gasteiger partial charge in [0.15, 0.2) is 11.9 Å². The Morgan fingerprint density at radius 2 is 1.72 bits per heavy atom. The van der Waals surface area contributed by atoms with Crippen LogP contribution in [0, 0.1) is 20.8 Å². The summed E-state index contributed by atoms with van der Waals surface area (Å²) in [6.07, 6.45) is 3.98. The van der Waals surface area contributed by atoms with Gasteiger partial charge in [-0.3, -0.25) is 4.79 Å². The molecule has 0 radical (unpaired) electrons. The highest BCUT2D eigenvalue weighted by molar-refractivity contribution is 5.96. The van der Waals surface area contributed by atoms with E-state index in [1.54, 1.807) is 7.11 Å². The number of ketones is 1. The molecule has 3 rings (SSSR count). The van der Waals surface area contributed by atoms with Gasteiger partial charge < -0.3 is 9.30 Å². The standard InChI is InChI=1S/C25H31N2O2/c1-6-21-8-7-18(2)26(16-21)17-25(28)24-15-19(3)27(20(24)4)14-13-22-9-11-23(29-5)12-10-22/h7-12,15-16H,6,13-14,17H2,1-5H3/q+1. The summed E-state index contributed by atoms with van der Waals surface area (Å²) in [5.74, 6) is 1.03. The van der Waals surface area contributed by atoms with Crippen molar-refractivity contribution in [3.63, 3.8) is 0 Å². The van der Waals surface area contributed by atoms with Gasteiger partial charge in [0.25, 0.3) is 0 Å². The zero-order valence-electron chi connectivity index (χ0n) is 18.2. The van der Waals surface area contributed by atoms with Crippen LogP contribution in [0.4, 0.5) is 0 Å². The molecule has 0 spiro atoms. The third-order valence-electron chi connectivity index (χ3n) is 5.69. The highest BCUT2D eigenvalue weighted by Gasteiger charge is 2.20. The van der Waals surface area contributed by atoms with E-state index < -0.39 is 0 Å². The molecule has 0 aliphatic carbocycles. The quantitative estimate of drug-likeness (QED) is 0.421. The van der Waals surface area contributed by atoms with Crippen LogP contribution in [0.25, 0.3) is 0 Å². The van der Waals surface area contributed by atoms with Gasteiger partial charge in [-0.1, -0.05) is 19.1 Å². The molecule has 0 N–H and O–H groups in total. The van der Waals surface area contributed by atoms with Gasteiger partial charge in [-0.05, 0) is 56.5 Å². The second kappa shape index (κ2) is 9.08. The Morgan fingerprint density at radius 1 is 1.03 bits per heavy atom. The summed E-state index contributed by atoms with van der Waals surface area (Å²) in [6, 6.07) is 14.4.